The first kappa shape index (κ1) is 12.8. The highest BCUT2D eigenvalue weighted by atomic mass is 19.1. The number of fused-ring (bicyclic) bond motifs is 1. The Bertz CT molecular complexity index is 614. The Hall–Kier alpha value is -2.24. The maximum Gasteiger partial charge on any atom is 0.255 e. The maximum absolute atomic E-state index is 13.7. The van der Waals surface area contributed by atoms with Crippen molar-refractivity contribution in [1.82, 2.24) is 10.2 Å². The lowest BCUT2D eigenvalue weighted by Crippen LogP contribution is -2.46. The highest BCUT2D eigenvalue weighted by Crippen LogP contribution is 2.28. The summed E-state index contributed by atoms with van der Waals surface area (Å²) in [4.78, 5) is 36.9. The zero-order valence-corrected chi connectivity index (χ0v) is 10.7. The molecule has 0 aliphatic carbocycles. The second-order valence-corrected chi connectivity index (χ2v) is 5.02. The first-order valence-corrected chi connectivity index (χ1v) is 6.50. The van der Waals surface area contributed by atoms with E-state index in [1.807, 2.05) is 0 Å². The van der Waals surface area contributed by atoms with Crippen LogP contribution in [-0.4, -0.2) is 28.7 Å². The summed E-state index contributed by atoms with van der Waals surface area (Å²) in [5.74, 6) is -1.60. The molecule has 104 valence electrons. The van der Waals surface area contributed by atoms with Gasteiger partial charge in [0.1, 0.15) is 11.9 Å². The Morgan fingerprint density at radius 3 is 2.80 bits per heavy atom. The second-order valence-electron chi connectivity index (χ2n) is 5.02. The quantitative estimate of drug-likeness (QED) is 0.777. The van der Waals surface area contributed by atoms with E-state index in [-0.39, 0.29) is 24.8 Å². The molecule has 5 nitrogen and oxygen atoms in total. The van der Waals surface area contributed by atoms with E-state index in [4.69, 9.17) is 0 Å². The molecule has 1 aromatic carbocycles. The summed E-state index contributed by atoms with van der Waals surface area (Å²) in [7, 11) is 0. The van der Waals surface area contributed by atoms with Crippen molar-refractivity contribution in [2.24, 2.45) is 0 Å². The third kappa shape index (κ3) is 1.97. The summed E-state index contributed by atoms with van der Waals surface area (Å²) in [5, 5.41) is 2.27. The van der Waals surface area contributed by atoms with E-state index >= 15 is 0 Å². The van der Waals surface area contributed by atoms with Gasteiger partial charge in [0.05, 0.1) is 6.54 Å². The highest BCUT2D eigenvalue weighted by Gasteiger charge is 2.38. The van der Waals surface area contributed by atoms with Crippen LogP contribution >= 0.6 is 0 Å². The van der Waals surface area contributed by atoms with Gasteiger partial charge in [-0.25, -0.2) is 4.39 Å². The molecule has 2 heterocycles. The van der Waals surface area contributed by atoms with Gasteiger partial charge >= 0.3 is 0 Å². The van der Waals surface area contributed by atoms with Crippen LogP contribution in [0.1, 0.15) is 35.2 Å². The molecule has 6 heteroatoms. The van der Waals surface area contributed by atoms with Gasteiger partial charge < -0.3 is 4.90 Å². The predicted octanol–water partition coefficient (Wildman–Crippen LogP) is 0.977. The SMILES string of the molecule is O=C1CCC[C@H](N2Cc3c(F)cccc3C2=O)C(=O)N1. The normalized spacial score (nSPS) is 22.6. The standard InChI is InChI=1S/C14H13FN2O3/c15-10-4-1-3-8-9(10)7-17(14(8)20)11-5-2-6-12(18)16-13(11)19/h1,3-4,11H,2,5-7H2,(H,16,18,19)/t11-/m0/s1. The van der Waals surface area contributed by atoms with Crippen LogP contribution < -0.4 is 5.32 Å². The van der Waals surface area contributed by atoms with Gasteiger partial charge in [-0.1, -0.05) is 6.07 Å². The summed E-state index contributed by atoms with van der Waals surface area (Å²) in [6, 6.07) is 3.62. The van der Waals surface area contributed by atoms with Crippen molar-refractivity contribution in [2.75, 3.05) is 0 Å². The molecule has 1 atom stereocenters. The van der Waals surface area contributed by atoms with Crippen LogP contribution in [0.2, 0.25) is 0 Å². The minimum absolute atomic E-state index is 0.0765. The minimum atomic E-state index is -0.708. The molecule has 0 spiro atoms. The Balaban J connectivity index is 1.90. The van der Waals surface area contributed by atoms with Crippen molar-refractivity contribution in [3.05, 3.63) is 35.1 Å². The van der Waals surface area contributed by atoms with Crippen LogP contribution in [0.5, 0.6) is 0 Å². The largest absolute Gasteiger partial charge is 0.322 e. The average Bonchev–Trinajstić information content (AvgIpc) is 2.64. The number of carbonyl (C=O) groups is 3. The van der Waals surface area contributed by atoms with Crippen molar-refractivity contribution in [3.8, 4) is 0 Å². The number of halogens is 1. The number of nitrogens with one attached hydrogen (secondary N) is 1. The fourth-order valence-corrected chi connectivity index (χ4v) is 2.74. The van der Waals surface area contributed by atoms with Gasteiger partial charge in [0.15, 0.2) is 0 Å². The van der Waals surface area contributed by atoms with Crippen molar-refractivity contribution >= 4 is 17.7 Å². The molecule has 3 rings (SSSR count). The molecule has 2 aliphatic heterocycles. The van der Waals surface area contributed by atoms with Crippen LogP contribution in [0.25, 0.3) is 0 Å². The highest BCUT2D eigenvalue weighted by molar-refractivity contribution is 6.04. The van der Waals surface area contributed by atoms with Gasteiger partial charge in [0.2, 0.25) is 11.8 Å². The minimum Gasteiger partial charge on any atom is -0.322 e. The lowest BCUT2D eigenvalue weighted by molar-refractivity contribution is -0.132. The smallest absolute Gasteiger partial charge is 0.255 e. The molecular weight excluding hydrogens is 263 g/mol. The van der Waals surface area contributed by atoms with E-state index in [0.717, 1.165) is 0 Å². The maximum atomic E-state index is 13.7. The fourth-order valence-electron chi connectivity index (χ4n) is 2.74. The first-order chi connectivity index (χ1) is 9.58. The fraction of sp³-hybridized carbons (Fsp3) is 0.357. The van der Waals surface area contributed by atoms with Crippen LogP contribution in [0, 0.1) is 5.82 Å². The van der Waals surface area contributed by atoms with Gasteiger partial charge in [-0.2, -0.15) is 0 Å². The summed E-state index contributed by atoms with van der Waals surface area (Å²) in [6.07, 6.45) is 1.22. The average molecular weight is 276 g/mol. The molecule has 1 saturated heterocycles. The van der Waals surface area contributed by atoms with Crippen LogP contribution in [0.4, 0.5) is 4.39 Å². The molecule has 2 aliphatic rings. The number of hydrogen-bond donors (Lipinski definition) is 1. The molecule has 0 radical (unpaired) electrons. The number of carbonyl (C=O) groups excluding carboxylic acids is 3. The number of imide groups is 1. The zero-order valence-electron chi connectivity index (χ0n) is 10.7. The summed E-state index contributed by atoms with van der Waals surface area (Å²) >= 11 is 0. The molecule has 1 aromatic rings. The molecule has 0 saturated carbocycles. The van der Waals surface area contributed by atoms with Gasteiger partial charge in [-0.15, -0.1) is 0 Å². The van der Waals surface area contributed by atoms with Crippen LogP contribution in [0.15, 0.2) is 18.2 Å². The van der Waals surface area contributed by atoms with Gasteiger partial charge in [0.25, 0.3) is 5.91 Å². The molecule has 1 fully saturated rings. The molecule has 0 bridgehead atoms. The van der Waals surface area contributed by atoms with Crippen LogP contribution in [0.3, 0.4) is 0 Å². The van der Waals surface area contributed by atoms with Gasteiger partial charge in [-0.3, -0.25) is 19.7 Å². The van der Waals surface area contributed by atoms with E-state index in [9.17, 15) is 18.8 Å². The molecule has 20 heavy (non-hydrogen) atoms. The third-order valence-corrected chi connectivity index (χ3v) is 3.76. The summed E-state index contributed by atoms with van der Waals surface area (Å²) in [5.41, 5.74) is 0.620. The molecule has 1 N–H and O–H groups in total. The van der Waals surface area contributed by atoms with Crippen molar-refractivity contribution in [2.45, 2.75) is 31.8 Å². The lowest BCUT2D eigenvalue weighted by atomic mass is 10.1. The van der Waals surface area contributed by atoms with Crippen LogP contribution in [-0.2, 0) is 16.1 Å². The Morgan fingerprint density at radius 1 is 1.25 bits per heavy atom. The predicted molar refractivity (Wildman–Crippen MR) is 67.1 cm³/mol. The van der Waals surface area contributed by atoms with E-state index in [1.54, 1.807) is 6.07 Å². The van der Waals surface area contributed by atoms with E-state index in [1.165, 1.54) is 17.0 Å². The van der Waals surface area contributed by atoms with Crippen molar-refractivity contribution in [3.63, 3.8) is 0 Å². The van der Waals surface area contributed by atoms with Crippen molar-refractivity contribution < 1.29 is 18.8 Å². The number of amides is 3. The number of rotatable bonds is 1. The summed E-state index contributed by atoms with van der Waals surface area (Å²) in [6.45, 7) is 0.0765. The molecule has 3 amide bonds. The monoisotopic (exact) mass is 276 g/mol. The Labute approximate surface area is 114 Å². The van der Waals surface area contributed by atoms with E-state index < -0.39 is 17.8 Å². The summed E-state index contributed by atoms with van der Waals surface area (Å²) < 4.78 is 13.7. The number of benzene rings is 1. The molecule has 0 unspecified atom stereocenters. The van der Waals surface area contributed by atoms with Gasteiger partial charge in [0, 0.05) is 17.5 Å². The topological polar surface area (TPSA) is 66.5 Å². The van der Waals surface area contributed by atoms with E-state index in [2.05, 4.69) is 5.32 Å². The molecule has 0 aromatic heterocycles. The lowest BCUT2D eigenvalue weighted by Gasteiger charge is -2.24. The van der Waals surface area contributed by atoms with Gasteiger partial charge in [-0.05, 0) is 25.0 Å². The second kappa shape index (κ2) is 4.70. The number of nitrogens with zero attached hydrogens (tertiary/aromatic N) is 1. The molecular formula is C14H13FN2O3. The van der Waals surface area contributed by atoms with E-state index in [0.29, 0.717) is 24.0 Å². The Kier molecular flexibility index (Phi) is 3.00. The first-order valence-electron chi connectivity index (χ1n) is 6.50. The Morgan fingerprint density at radius 2 is 2.05 bits per heavy atom. The number of hydrogen-bond acceptors (Lipinski definition) is 3. The third-order valence-electron chi connectivity index (χ3n) is 3.76. The van der Waals surface area contributed by atoms with Crippen molar-refractivity contribution in [1.29, 1.82) is 0 Å². The zero-order chi connectivity index (χ0) is 14.3.